The zero-order valence-electron chi connectivity index (χ0n) is 7.73. The zero-order valence-corrected chi connectivity index (χ0v) is 7.73. The van der Waals surface area contributed by atoms with E-state index in [1.165, 1.54) is 17.3 Å². The summed E-state index contributed by atoms with van der Waals surface area (Å²) < 4.78 is 0. The number of carbonyl (C=O) groups is 1. The van der Waals surface area contributed by atoms with Crippen molar-refractivity contribution >= 4 is 11.8 Å². The fourth-order valence-electron chi connectivity index (χ4n) is 0.985. The molecule has 0 bridgehead atoms. The van der Waals surface area contributed by atoms with E-state index in [0.717, 1.165) is 0 Å². The van der Waals surface area contributed by atoms with Crippen LogP contribution in [0.2, 0.25) is 0 Å². The zero-order chi connectivity index (χ0) is 10.6. The number of rotatable bonds is 4. The molecule has 76 valence electrons. The van der Waals surface area contributed by atoms with Crippen molar-refractivity contribution in [1.29, 1.82) is 0 Å². The summed E-state index contributed by atoms with van der Waals surface area (Å²) in [6.07, 6.45) is 2.86. The molecule has 0 fully saturated rings. The van der Waals surface area contributed by atoms with Gasteiger partial charge in [-0.3, -0.25) is 9.59 Å². The van der Waals surface area contributed by atoms with Crippen LogP contribution in [0.5, 0.6) is 0 Å². The molecule has 0 unspecified atom stereocenters. The first-order valence-electron chi connectivity index (χ1n) is 4.08. The Hall–Kier alpha value is -1.85. The summed E-state index contributed by atoms with van der Waals surface area (Å²) in [5, 5.41) is 8.45. The van der Waals surface area contributed by atoms with E-state index in [2.05, 4.69) is 9.97 Å². The van der Waals surface area contributed by atoms with Gasteiger partial charge in [0, 0.05) is 26.0 Å². The number of aliphatic carboxylic acids is 1. The van der Waals surface area contributed by atoms with Gasteiger partial charge in [-0.15, -0.1) is 0 Å². The Bertz CT molecular complexity index is 374. The normalized spacial score (nSPS) is 9.79. The Labute approximate surface area is 80.2 Å². The molecule has 0 spiro atoms. The van der Waals surface area contributed by atoms with Crippen molar-refractivity contribution in [2.24, 2.45) is 0 Å². The highest BCUT2D eigenvalue weighted by molar-refractivity contribution is 5.67. The number of hydrogen-bond donors (Lipinski definition) is 2. The Kier molecular flexibility index (Phi) is 3.22. The van der Waals surface area contributed by atoms with Gasteiger partial charge in [-0.1, -0.05) is 0 Å². The van der Waals surface area contributed by atoms with Crippen LogP contribution in [0.25, 0.3) is 0 Å². The maximum atomic E-state index is 11.2. The van der Waals surface area contributed by atoms with Gasteiger partial charge in [0.05, 0.1) is 6.42 Å². The van der Waals surface area contributed by atoms with Crippen LogP contribution in [0.1, 0.15) is 6.42 Å². The fraction of sp³-hybridized carbons (Fsp3) is 0.375. The maximum Gasteiger partial charge on any atom is 0.305 e. The minimum absolute atomic E-state index is 0.0213. The molecule has 2 N–H and O–H groups in total. The SMILES string of the molecule is CN(CCC(=O)O)c1ncc[nH]c1=O. The van der Waals surface area contributed by atoms with E-state index < -0.39 is 5.97 Å². The van der Waals surface area contributed by atoms with Gasteiger partial charge in [-0.2, -0.15) is 0 Å². The number of carboxylic acid groups (broad SMARTS) is 1. The second-order valence-electron chi connectivity index (χ2n) is 2.81. The molecule has 0 amide bonds. The summed E-state index contributed by atoms with van der Waals surface area (Å²) in [4.78, 5) is 29.3. The molecule has 1 rings (SSSR count). The van der Waals surface area contributed by atoms with Crippen LogP contribution in [0.4, 0.5) is 5.82 Å². The highest BCUT2D eigenvalue weighted by atomic mass is 16.4. The molecular formula is C8H11N3O3. The van der Waals surface area contributed by atoms with E-state index >= 15 is 0 Å². The summed E-state index contributed by atoms with van der Waals surface area (Å²) in [5.74, 6) is -0.669. The number of hydrogen-bond acceptors (Lipinski definition) is 4. The average Bonchev–Trinajstić information content (AvgIpc) is 2.15. The molecule has 6 heteroatoms. The summed E-state index contributed by atoms with van der Waals surface area (Å²) in [6, 6.07) is 0. The first kappa shape index (κ1) is 10.2. The third kappa shape index (κ3) is 2.58. The molecule has 14 heavy (non-hydrogen) atoms. The lowest BCUT2D eigenvalue weighted by Gasteiger charge is -2.14. The minimum atomic E-state index is -0.899. The Morgan fingerprint density at radius 3 is 3.00 bits per heavy atom. The Morgan fingerprint density at radius 1 is 1.71 bits per heavy atom. The van der Waals surface area contributed by atoms with E-state index in [1.807, 2.05) is 0 Å². The van der Waals surface area contributed by atoms with Crippen molar-refractivity contribution in [3.8, 4) is 0 Å². The molecule has 6 nitrogen and oxygen atoms in total. The van der Waals surface area contributed by atoms with Crippen LogP contribution in [-0.4, -0.2) is 34.6 Å². The molecule has 1 heterocycles. The second-order valence-corrected chi connectivity index (χ2v) is 2.81. The van der Waals surface area contributed by atoms with Crippen molar-refractivity contribution < 1.29 is 9.90 Å². The lowest BCUT2D eigenvalue weighted by molar-refractivity contribution is -0.136. The van der Waals surface area contributed by atoms with Crippen LogP contribution in [0, 0.1) is 0 Å². The van der Waals surface area contributed by atoms with Gasteiger partial charge in [-0.25, -0.2) is 4.98 Å². The van der Waals surface area contributed by atoms with Crippen molar-refractivity contribution in [1.82, 2.24) is 9.97 Å². The predicted molar refractivity (Wildman–Crippen MR) is 50.4 cm³/mol. The minimum Gasteiger partial charge on any atom is -0.481 e. The molecule has 0 radical (unpaired) electrons. The van der Waals surface area contributed by atoms with E-state index in [-0.39, 0.29) is 24.3 Å². The highest BCUT2D eigenvalue weighted by Gasteiger charge is 2.07. The fourth-order valence-corrected chi connectivity index (χ4v) is 0.985. The van der Waals surface area contributed by atoms with Crippen LogP contribution >= 0.6 is 0 Å². The number of H-pyrrole nitrogens is 1. The average molecular weight is 197 g/mol. The molecule has 0 saturated carbocycles. The van der Waals surface area contributed by atoms with Crippen molar-refractivity contribution in [3.63, 3.8) is 0 Å². The summed E-state index contributed by atoms with van der Waals surface area (Å²) >= 11 is 0. The predicted octanol–water partition coefficient (Wildman–Crippen LogP) is -0.319. The molecule has 0 aliphatic carbocycles. The number of nitrogens with one attached hydrogen (secondary N) is 1. The van der Waals surface area contributed by atoms with Crippen molar-refractivity contribution in [2.75, 3.05) is 18.5 Å². The number of nitrogens with zero attached hydrogens (tertiary/aromatic N) is 2. The molecule has 0 saturated heterocycles. The molecule has 0 aromatic carbocycles. The summed E-state index contributed by atoms with van der Waals surface area (Å²) in [7, 11) is 1.63. The lowest BCUT2D eigenvalue weighted by Crippen LogP contribution is -2.28. The number of aromatic amines is 1. The van der Waals surface area contributed by atoms with Crippen LogP contribution < -0.4 is 10.5 Å². The first-order chi connectivity index (χ1) is 6.61. The van der Waals surface area contributed by atoms with Gasteiger partial charge in [-0.05, 0) is 0 Å². The van der Waals surface area contributed by atoms with E-state index in [1.54, 1.807) is 7.05 Å². The molecule has 1 aromatic rings. The standard InChI is InChI=1S/C8H11N3O3/c1-11(5-2-6(12)13)7-8(14)10-4-3-9-7/h3-4H,2,5H2,1H3,(H,10,14)(H,12,13). The van der Waals surface area contributed by atoms with Gasteiger partial charge < -0.3 is 15.0 Å². The summed E-state index contributed by atoms with van der Waals surface area (Å²) in [5.41, 5.74) is -0.319. The van der Waals surface area contributed by atoms with Crippen molar-refractivity contribution in [2.45, 2.75) is 6.42 Å². The summed E-state index contributed by atoms with van der Waals surface area (Å²) in [6.45, 7) is 0.259. The third-order valence-corrected chi connectivity index (χ3v) is 1.71. The first-order valence-corrected chi connectivity index (χ1v) is 4.08. The third-order valence-electron chi connectivity index (χ3n) is 1.71. The number of carboxylic acids is 1. The lowest BCUT2D eigenvalue weighted by atomic mass is 10.4. The van der Waals surface area contributed by atoms with Crippen LogP contribution in [0.15, 0.2) is 17.2 Å². The number of aromatic nitrogens is 2. The van der Waals surface area contributed by atoms with E-state index in [0.29, 0.717) is 0 Å². The molecular weight excluding hydrogens is 186 g/mol. The van der Waals surface area contributed by atoms with Gasteiger partial charge in [0.15, 0.2) is 5.82 Å². The molecule has 0 atom stereocenters. The Morgan fingerprint density at radius 2 is 2.43 bits per heavy atom. The quantitative estimate of drug-likeness (QED) is 0.690. The van der Waals surface area contributed by atoms with Crippen molar-refractivity contribution in [3.05, 3.63) is 22.7 Å². The highest BCUT2D eigenvalue weighted by Crippen LogP contribution is 1.99. The van der Waals surface area contributed by atoms with E-state index in [4.69, 9.17) is 5.11 Å². The van der Waals surface area contributed by atoms with Gasteiger partial charge in [0.1, 0.15) is 0 Å². The molecule has 0 aliphatic heterocycles. The Balaban J connectivity index is 2.70. The van der Waals surface area contributed by atoms with Crippen LogP contribution in [0.3, 0.4) is 0 Å². The van der Waals surface area contributed by atoms with E-state index in [9.17, 15) is 9.59 Å². The van der Waals surface area contributed by atoms with Gasteiger partial charge in [0.25, 0.3) is 5.56 Å². The van der Waals surface area contributed by atoms with Crippen LogP contribution in [-0.2, 0) is 4.79 Å². The largest absolute Gasteiger partial charge is 0.481 e. The second kappa shape index (κ2) is 4.40. The maximum absolute atomic E-state index is 11.2. The van der Waals surface area contributed by atoms with Gasteiger partial charge >= 0.3 is 5.97 Å². The number of anilines is 1. The van der Waals surface area contributed by atoms with Gasteiger partial charge in [0.2, 0.25) is 0 Å². The monoisotopic (exact) mass is 197 g/mol. The topological polar surface area (TPSA) is 86.3 Å². The molecule has 1 aromatic heterocycles. The smallest absolute Gasteiger partial charge is 0.305 e. The molecule has 0 aliphatic rings.